The van der Waals surface area contributed by atoms with Crippen molar-refractivity contribution in [3.8, 4) is 22.9 Å². The van der Waals surface area contributed by atoms with Crippen LogP contribution < -0.4 is 14.2 Å². The fourth-order valence-electron chi connectivity index (χ4n) is 3.38. The molecule has 2 aromatic heterocycles. The summed E-state index contributed by atoms with van der Waals surface area (Å²) in [6.45, 7) is 3.93. The molecule has 0 saturated carbocycles. The van der Waals surface area contributed by atoms with E-state index in [9.17, 15) is 8.42 Å². The van der Waals surface area contributed by atoms with Crippen molar-refractivity contribution in [3.63, 3.8) is 0 Å². The molecule has 0 radical (unpaired) electrons. The number of ether oxygens (including phenoxy) is 2. The first-order valence-electron chi connectivity index (χ1n) is 9.95. The predicted octanol–water partition coefficient (Wildman–Crippen LogP) is 3.61. The van der Waals surface area contributed by atoms with E-state index >= 15 is 0 Å². The van der Waals surface area contributed by atoms with Crippen LogP contribution in [0.5, 0.6) is 11.5 Å². The van der Waals surface area contributed by atoms with E-state index in [1.54, 1.807) is 31.7 Å². The van der Waals surface area contributed by atoms with Gasteiger partial charge in [-0.2, -0.15) is 4.98 Å². The van der Waals surface area contributed by atoms with Crippen LogP contribution in [0.15, 0.2) is 46.7 Å². The minimum atomic E-state index is -3.59. The van der Waals surface area contributed by atoms with Crippen molar-refractivity contribution in [2.24, 2.45) is 0 Å². The number of methoxy groups -OCH3 is 2. The van der Waals surface area contributed by atoms with Crippen molar-refractivity contribution in [3.05, 3.63) is 58.6 Å². The molecule has 0 aliphatic carbocycles. The summed E-state index contributed by atoms with van der Waals surface area (Å²) in [6, 6.07) is 10.9. The van der Waals surface area contributed by atoms with Crippen LogP contribution >= 0.6 is 11.3 Å². The smallest absolute Gasteiger partial charge is 0.240 e. The maximum atomic E-state index is 12.7. The SMILES string of the molecule is COc1ccc(-c2nc3scc(CCNS(=O)(=O)c4cc(C)ccc4C)n3n2)cc1OC. The number of thiazole rings is 1. The number of fused-ring (bicyclic) bond motifs is 1. The molecule has 0 amide bonds. The summed E-state index contributed by atoms with van der Waals surface area (Å²) < 4.78 is 40.6. The summed E-state index contributed by atoms with van der Waals surface area (Å²) >= 11 is 1.46. The van der Waals surface area contributed by atoms with Gasteiger partial charge in [-0.3, -0.25) is 0 Å². The molecule has 10 heteroatoms. The molecule has 0 fully saturated rings. The number of nitrogens with one attached hydrogen (secondary N) is 1. The molecule has 0 unspecified atom stereocenters. The first-order valence-corrected chi connectivity index (χ1v) is 12.3. The van der Waals surface area contributed by atoms with Gasteiger partial charge in [0.15, 0.2) is 17.3 Å². The third kappa shape index (κ3) is 4.34. The lowest BCUT2D eigenvalue weighted by atomic mass is 10.2. The van der Waals surface area contributed by atoms with Crippen LogP contribution in [0.1, 0.15) is 16.8 Å². The van der Waals surface area contributed by atoms with Crippen LogP contribution in [0.4, 0.5) is 0 Å². The van der Waals surface area contributed by atoms with Gasteiger partial charge in [0.05, 0.1) is 24.8 Å². The Morgan fingerprint density at radius 3 is 2.59 bits per heavy atom. The Morgan fingerprint density at radius 1 is 1.06 bits per heavy atom. The second-order valence-electron chi connectivity index (χ2n) is 7.34. The van der Waals surface area contributed by atoms with Gasteiger partial charge >= 0.3 is 0 Å². The van der Waals surface area contributed by atoms with E-state index in [4.69, 9.17) is 9.47 Å². The predicted molar refractivity (Wildman–Crippen MR) is 124 cm³/mol. The Morgan fingerprint density at radius 2 is 1.84 bits per heavy atom. The number of rotatable bonds is 8. The van der Waals surface area contributed by atoms with E-state index in [1.165, 1.54) is 11.3 Å². The molecule has 0 aliphatic heterocycles. The molecule has 0 spiro atoms. The Bertz CT molecular complexity index is 1380. The number of aromatic nitrogens is 3. The molecule has 2 aromatic carbocycles. The molecule has 168 valence electrons. The minimum Gasteiger partial charge on any atom is -0.493 e. The van der Waals surface area contributed by atoms with Crippen LogP contribution in [0.25, 0.3) is 16.3 Å². The fraction of sp³-hybridized carbons (Fsp3) is 0.273. The standard InChI is InChI=1S/C22H24N4O4S2/c1-14-5-6-15(2)20(11-14)32(27,28)23-10-9-17-13-31-22-24-21(25-26(17)22)16-7-8-18(29-3)19(12-16)30-4/h5-8,11-13,23H,9-10H2,1-4H3. The van der Waals surface area contributed by atoms with Gasteiger partial charge < -0.3 is 9.47 Å². The number of hydrogen-bond acceptors (Lipinski definition) is 7. The lowest BCUT2D eigenvalue weighted by Gasteiger charge is -2.10. The molecule has 1 N–H and O–H groups in total. The van der Waals surface area contributed by atoms with Gasteiger partial charge in [-0.1, -0.05) is 12.1 Å². The molecular formula is C22H24N4O4S2. The fourth-order valence-corrected chi connectivity index (χ4v) is 5.60. The average Bonchev–Trinajstić information content (AvgIpc) is 3.36. The molecule has 4 aromatic rings. The quantitative estimate of drug-likeness (QED) is 0.421. The first-order chi connectivity index (χ1) is 15.3. The molecule has 0 atom stereocenters. The molecule has 0 aliphatic rings. The Balaban J connectivity index is 1.52. The number of benzene rings is 2. The number of sulfonamides is 1. The molecule has 8 nitrogen and oxygen atoms in total. The van der Waals surface area contributed by atoms with E-state index in [0.717, 1.165) is 27.3 Å². The van der Waals surface area contributed by atoms with Crippen molar-refractivity contribution >= 4 is 26.3 Å². The van der Waals surface area contributed by atoms with Crippen LogP contribution in [-0.4, -0.2) is 43.8 Å². The molecule has 0 bridgehead atoms. The van der Waals surface area contributed by atoms with Gasteiger partial charge in [-0.25, -0.2) is 17.7 Å². The lowest BCUT2D eigenvalue weighted by molar-refractivity contribution is 0.355. The maximum absolute atomic E-state index is 12.7. The van der Waals surface area contributed by atoms with E-state index in [0.29, 0.717) is 28.6 Å². The van der Waals surface area contributed by atoms with Crippen LogP contribution in [0.3, 0.4) is 0 Å². The second kappa shape index (κ2) is 8.89. The van der Waals surface area contributed by atoms with Gasteiger partial charge in [0.1, 0.15) is 0 Å². The zero-order chi connectivity index (χ0) is 22.9. The molecule has 0 saturated heterocycles. The number of hydrogen-bond donors (Lipinski definition) is 1. The highest BCUT2D eigenvalue weighted by Crippen LogP contribution is 2.31. The van der Waals surface area contributed by atoms with Gasteiger partial charge in [-0.15, -0.1) is 16.4 Å². The highest BCUT2D eigenvalue weighted by Gasteiger charge is 2.18. The zero-order valence-electron chi connectivity index (χ0n) is 18.2. The second-order valence-corrected chi connectivity index (χ2v) is 9.92. The van der Waals surface area contributed by atoms with E-state index in [-0.39, 0.29) is 6.54 Å². The van der Waals surface area contributed by atoms with Crippen LogP contribution in [0, 0.1) is 13.8 Å². The highest BCUT2D eigenvalue weighted by molar-refractivity contribution is 7.89. The van der Waals surface area contributed by atoms with Gasteiger partial charge in [0, 0.05) is 23.9 Å². The van der Waals surface area contributed by atoms with E-state index < -0.39 is 10.0 Å². The average molecular weight is 473 g/mol. The largest absolute Gasteiger partial charge is 0.493 e. The third-order valence-corrected chi connectivity index (χ3v) is 7.57. The highest BCUT2D eigenvalue weighted by atomic mass is 32.2. The minimum absolute atomic E-state index is 0.257. The zero-order valence-corrected chi connectivity index (χ0v) is 19.9. The monoisotopic (exact) mass is 472 g/mol. The molecular weight excluding hydrogens is 448 g/mol. The summed E-state index contributed by atoms with van der Waals surface area (Å²) in [5.41, 5.74) is 3.31. The third-order valence-electron chi connectivity index (χ3n) is 5.10. The number of aryl methyl sites for hydroxylation is 2. The number of nitrogens with zero attached hydrogens (tertiary/aromatic N) is 3. The lowest BCUT2D eigenvalue weighted by Crippen LogP contribution is -2.27. The van der Waals surface area contributed by atoms with Crippen molar-refractivity contribution in [1.29, 1.82) is 0 Å². The summed E-state index contributed by atoms with van der Waals surface area (Å²) in [5, 5.41) is 6.56. The van der Waals surface area contributed by atoms with Crippen molar-refractivity contribution in [2.75, 3.05) is 20.8 Å². The maximum Gasteiger partial charge on any atom is 0.240 e. The first kappa shape index (κ1) is 22.3. The van der Waals surface area contributed by atoms with Crippen molar-refractivity contribution in [1.82, 2.24) is 19.3 Å². The topological polar surface area (TPSA) is 94.8 Å². The summed E-state index contributed by atoms with van der Waals surface area (Å²) in [4.78, 5) is 5.64. The van der Waals surface area contributed by atoms with Gasteiger partial charge in [0.2, 0.25) is 15.0 Å². The van der Waals surface area contributed by atoms with E-state index in [1.807, 2.05) is 42.6 Å². The van der Waals surface area contributed by atoms with E-state index in [2.05, 4.69) is 14.8 Å². The Hall–Kier alpha value is -2.95. The normalized spacial score (nSPS) is 11.8. The summed E-state index contributed by atoms with van der Waals surface area (Å²) in [7, 11) is -0.422. The molecule has 4 rings (SSSR count). The summed E-state index contributed by atoms with van der Waals surface area (Å²) in [6.07, 6.45) is 0.485. The van der Waals surface area contributed by atoms with Crippen molar-refractivity contribution < 1.29 is 17.9 Å². The van der Waals surface area contributed by atoms with Gasteiger partial charge in [-0.05, 0) is 49.2 Å². The Labute approximate surface area is 190 Å². The molecule has 2 heterocycles. The summed E-state index contributed by atoms with van der Waals surface area (Å²) in [5.74, 6) is 1.80. The molecule has 32 heavy (non-hydrogen) atoms. The van der Waals surface area contributed by atoms with Crippen LogP contribution in [0.2, 0.25) is 0 Å². The van der Waals surface area contributed by atoms with Crippen LogP contribution in [-0.2, 0) is 16.4 Å². The Kier molecular flexibility index (Phi) is 6.18. The van der Waals surface area contributed by atoms with Crippen molar-refractivity contribution in [2.45, 2.75) is 25.2 Å². The van der Waals surface area contributed by atoms with Gasteiger partial charge in [0.25, 0.3) is 0 Å².